The van der Waals surface area contributed by atoms with Crippen LogP contribution in [0.4, 0.5) is 4.79 Å². The Labute approximate surface area is 226 Å². The second-order valence-corrected chi connectivity index (χ2v) is 11.3. The number of aliphatic imine (C=N–C) groups is 1. The average Bonchev–Trinajstić information content (AvgIpc) is 2.89. The lowest BCUT2D eigenvalue weighted by molar-refractivity contribution is -0.0756. The lowest BCUT2D eigenvalue weighted by Gasteiger charge is -2.46. The van der Waals surface area contributed by atoms with Crippen molar-refractivity contribution in [3.8, 4) is 11.1 Å². The van der Waals surface area contributed by atoms with E-state index >= 15 is 0 Å². The van der Waals surface area contributed by atoms with Crippen molar-refractivity contribution < 1.29 is 9.53 Å². The molecule has 2 aromatic carbocycles. The maximum absolute atomic E-state index is 13.5. The molecule has 6 heteroatoms. The molecule has 0 bridgehead atoms. The molecule has 0 unspecified atom stereocenters. The summed E-state index contributed by atoms with van der Waals surface area (Å²) in [4.78, 5) is 31.7. The standard InChI is InChI=1S/C32H39N3O3/c1-23(2)35-20-27(16-17-29(35)36)26-14-12-25(13-15-26)24(3)34-19-18-32(38-30(34)37,21-31(4,5)22-33-6)28-10-8-7-9-11-28/h7-17,20,22-24H,18-19,21H2,1-6H3/t24-,32-/m0/s1. The summed E-state index contributed by atoms with van der Waals surface area (Å²) in [5.41, 5.74) is 3.13. The molecular weight excluding hydrogens is 474 g/mol. The number of nitrogens with zero attached hydrogens (tertiary/aromatic N) is 3. The van der Waals surface area contributed by atoms with Gasteiger partial charge in [0.15, 0.2) is 0 Å². The quantitative estimate of drug-likeness (QED) is 0.304. The molecule has 1 aromatic heterocycles. The summed E-state index contributed by atoms with van der Waals surface area (Å²) in [5, 5.41) is 0. The van der Waals surface area contributed by atoms with Gasteiger partial charge in [0, 0.05) is 56.4 Å². The molecule has 1 fully saturated rings. The first kappa shape index (κ1) is 27.4. The van der Waals surface area contributed by atoms with Crippen LogP contribution in [0, 0.1) is 5.41 Å². The Balaban J connectivity index is 1.55. The van der Waals surface area contributed by atoms with Gasteiger partial charge in [-0.15, -0.1) is 0 Å². The van der Waals surface area contributed by atoms with Gasteiger partial charge >= 0.3 is 6.09 Å². The first-order chi connectivity index (χ1) is 18.0. The van der Waals surface area contributed by atoms with E-state index < -0.39 is 5.60 Å². The van der Waals surface area contributed by atoms with Crippen LogP contribution in [0.5, 0.6) is 0 Å². The highest BCUT2D eigenvalue weighted by Gasteiger charge is 2.46. The van der Waals surface area contributed by atoms with E-state index in [0.717, 1.165) is 22.3 Å². The van der Waals surface area contributed by atoms with Gasteiger partial charge in [-0.3, -0.25) is 4.79 Å². The van der Waals surface area contributed by atoms with Crippen LogP contribution in [0.15, 0.2) is 82.7 Å². The zero-order chi connectivity index (χ0) is 27.5. The molecule has 200 valence electrons. The fourth-order valence-electron chi connectivity index (χ4n) is 5.54. The van der Waals surface area contributed by atoms with E-state index in [4.69, 9.17) is 4.74 Å². The molecule has 0 saturated carbocycles. The fraction of sp³-hybridized carbons (Fsp3) is 0.406. The number of pyridine rings is 1. The molecule has 1 amide bonds. The van der Waals surface area contributed by atoms with Crippen LogP contribution >= 0.6 is 0 Å². The lowest BCUT2D eigenvalue weighted by Crippen LogP contribution is -2.50. The fourth-order valence-corrected chi connectivity index (χ4v) is 5.54. The lowest BCUT2D eigenvalue weighted by atomic mass is 9.75. The number of benzene rings is 2. The molecule has 0 radical (unpaired) electrons. The number of carbonyl (C=O) groups excluding carboxylic acids is 1. The van der Waals surface area contributed by atoms with Gasteiger partial charge in [-0.2, -0.15) is 0 Å². The average molecular weight is 514 g/mol. The van der Waals surface area contributed by atoms with E-state index in [1.165, 1.54) is 0 Å². The molecule has 3 aromatic rings. The van der Waals surface area contributed by atoms with Crippen LogP contribution < -0.4 is 5.56 Å². The highest BCUT2D eigenvalue weighted by Crippen LogP contribution is 2.44. The number of aromatic nitrogens is 1. The van der Waals surface area contributed by atoms with E-state index in [1.54, 1.807) is 17.7 Å². The van der Waals surface area contributed by atoms with Crippen molar-refractivity contribution in [2.24, 2.45) is 10.4 Å². The summed E-state index contributed by atoms with van der Waals surface area (Å²) in [6, 6.07) is 21.7. The minimum absolute atomic E-state index is 0.00505. The second kappa shape index (κ2) is 11.0. The maximum Gasteiger partial charge on any atom is 0.411 e. The van der Waals surface area contributed by atoms with E-state index in [9.17, 15) is 9.59 Å². The van der Waals surface area contributed by atoms with Crippen molar-refractivity contribution in [2.45, 2.75) is 65.1 Å². The van der Waals surface area contributed by atoms with Crippen molar-refractivity contribution in [1.82, 2.24) is 9.47 Å². The Hall–Kier alpha value is -3.67. The van der Waals surface area contributed by atoms with Gasteiger partial charge in [0.25, 0.3) is 5.56 Å². The number of carbonyl (C=O) groups is 1. The van der Waals surface area contributed by atoms with E-state index in [-0.39, 0.29) is 29.2 Å². The Morgan fingerprint density at radius 2 is 1.63 bits per heavy atom. The van der Waals surface area contributed by atoms with Gasteiger partial charge in [0.05, 0.1) is 6.04 Å². The van der Waals surface area contributed by atoms with Gasteiger partial charge < -0.3 is 19.2 Å². The third-order valence-corrected chi connectivity index (χ3v) is 7.48. The Bertz CT molecular complexity index is 1340. The van der Waals surface area contributed by atoms with Gasteiger partial charge in [0.2, 0.25) is 0 Å². The zero-order valence-corrected chi connectivity index (χ0v) is 23.3. The van der Waals surface area contributed by atoms with E-state index in [1.807, 2.05) is 86.6 Å². The summed E-state index contributed by atoms with van der Waals surface area (Å²) >= 11 is 0. The maximum atomic E-state index is 13.5. The van der Waals surface area contributed by atoms with E-state index in [0.29, 0.717) is 19.4 Å². The molecular formula is C32H39N3O3. The van der Waals surface area contributed by atoms with Gasteiger partial charge in [-0.1, -0.05) is 68.4 Å². The summed E-state index contributed by atoms with van der Waals surface area (Å²) < 4.78 is 8.07. The molecule has 0 aliphatic carbocycles. The topological polar surface area (TPSA) is 63.9 Å². The number of hydrogen-bond acceptors (Lipinski definition) is 4. The first-order valence-corrected chi connectivity index (χ1v) is 13.4. The Morgan fingerprint density at radius 1 is 0.974 bits per heavy atom. The predicted octanol–water partition coefficient (Wildman–Crippen LogP) is 7.01. The van der Waals surface area contributed by atoms with Crippen LogP contribution in [-0.2, 0) is 10.3 Å². The van der Waals surface area contributed by atoms with Crippen molar-refractivity contribution >= 4 is 12.3 Å². The minimum Gasteiger partial charge on any atom is -0.438 e. The molecule has 0 spiro atoms. The molecule has 1 saturated heterocycles. The third-order valence-electron chi connectivity index (χ3n) is 7.48. The number of amides is 1. The minimum atomic E-state index is -0.706. The van der Waals surface area contributed by atoms with Crippen LogP contribution in [0.1, 0.15) is 70.7 Å². The highest BCUT2D eigenvalue weighted by atomic mass is 16.6. The molecule has 6 nitrogen and oxygen atoms in total. The first-order valence-electron chi connectivity index (χ1n) is 13.4. The van der Waals surface area contributed by atoms with Crippen molar-refractivity contribution in [2.75, 3.05) is 13.6 Å². The summed E-state index contributed by atoms with van der Waals surface area (Å²) in [6.07, 6.45) is 4.90. The Morgan fingerprint density at radius 3 is 2.24 bits per heavy atom. The number of ether oxygens (including phenoxy) is 1. The molecule has 38 heavy (non-hydrogen) atoms. The second-order valence-electron chi connectivity index (χ2n) is 11.3. The number of cyclic esters (lactones) is 1. The van der Waals surface area contributed by atoms with Crippen LogP contribution in [0.2, 0.25) is 0 Å². The molecule has 2 atom stereocenters. The largest absolute Gasteiger partial charge is 0.438 e. The molecule has 1 aliphatic rings. The molecule has 1 aliphatic heterocycles. The third kappa shape index (κ3) is 5.74. The summed E-state index contributed by atoms with van der Waals surface area (Å²) in [6.45, 7) is 10.9. The molecule has 4 rings (SSSR count). The summed E-state index contributed by atoms with van der Waals surface area (Å²) in [7, 11) is 1.78. The van der Waals surface area contributed by atoms with Gasteiger partial charge in [0.1, 0.15) is 5.60 Å². The molecule has 0 N–H and O–H groups in total. The molecule has 2 heterocycles. The van der Waals surface area contributed by atoms with Crippen molar-refractivity contribution in [3.05, 3.63) is 94.4 Å². The predicted molar refractivity (Wildman–Crippen MR) is 154 cm³/mol. The van der Waals surface area contributed by atoms with E-state index in [2.05, 4.69) is 31.0 Å². The number of hydrogen-bond donors (Lipinski definition) is 0. The zero-order valence-electron chi connectivity index (χ0n) is 23.3. The van der Waals surface area contributed by atoms with Crippen LogP contribution in [0.25, 0.3) is 11.1 Å². The normalized spacial score (nSPS) is 19.1. The van der Waals surface area contributed by atoms with Gasteiger partial charge in [-0.05, 0) is 49.1 Å². The summed E-state index contributed by atoms with van der Waals surface area (Å²) in [5.74, 6) is 0. The number of rotatable bonds is 8. The van der Waals surface area contributed by atoms with Crippen molar-refractivity contribution in [3.63, 3.8) is 0 Å². The van der Waals surface area contributed by atoms with Gasteiger partial charge in [-0.25, -0.2) is 4.79 Å². The van der Waals surface area contributed by atoms with Crippen molar-refractivity contribution in [1.29, 1.82) is 0 Å². The SMILES string of the molecule is CN=CC(C)(C)C[C@]1(c2ccccc2)CCN([C@@H](C)c2ccc(-c3ccc(=O)n(C(C)C)c3)cc2)C(=O)O1. The Kier molecular flexibility index (Phi) is 7.91. The highest BCUT2D eigenvalue weighted by molar-refractivity contribution is 5.71. The monoisotopic (exact) mass is 513 g/mol. The van der Waals surface area contributed by atoms with Crippen LogP contribution in [-0.4, -0.2) is 35.4 Å². The van der Waals surface area contributed by atoms with Crippen LogP contribution in [0.3, 0.4) is 0 Å². The smallest absolute Gasteiger partial charge is 0.411 e.